The molecule has 16 nitrogen and oxygen atoms in total. The van der Waals surface area contributed by atoms with Gasteiger partial charge in [0.25, 0.3) is 11.8 Å². The van der Waals surface area contributed by atoms with Crippen LogP contribution in [-0.2, 0) is 19.2 Å². The van der Waals surface area contributed by atoms with Crippen molar-refractivity contribution in [3.63, 3.8) is 0 Å². The standard InChI is InChI=1S/C24H21N9O7S3/c25-23-26-14(11-42-23)16(29-40-13-5-2-1-3-6-13)19(36)27-17-20(37)33-18(22(38)39)12(9-41-21(17)33)10-43-24-28-30-31-32(24)8-4-7-15(34)35/h1-6,8,11,17,21H,7,9-10H2,(H2,25,26)(H,27,36)(H,34,35)(H,38,39)/t17?,21-/m1/s1. The second-order valence-corrected chi connectivity index (χ2v) is 11.6. The predicted molar refractivity (Wildman–Crippen MR) is 156 cm³/mol. The molecule has 4 heterocycles. The SMILES string of the molecule is Nc1nc(C(=NOc2ccccc2)C(=O)NC2C(=O)N3C(C(=O)O)=C(CSc4nnnn4C=CCC(=O)O)CS[C@H]23)cs1. The number of nitrogens with one attached hydrogen (secondary N) is 1. The number of thiazole rings is 1. The van der Waals surface area contributed by atoms with Gasteiger partial charge < -0.3 is 26.1 Å². The molecule has 1 aromatic carbocycles. The number of fused-ring (bicyclic) bond motifs is 1. The Bertz CT molecular complexity index is 1650. The first-order chi connectivity index (χ1) is 20.7. The van der Waals surface area contributed by atoms with Crippen molar-refractivity contribution >= 4 is 75.7 Å². The van der Waals surface area contributed by atoms with E-state index in [9.17, 15) is 24.3 Å². The number of thioether (sulfide) groups is 2. The Kier molecular flexibility index (Phi) is 9.02. The Morgan fingerprint density at radius 1 is 1.26 bits per heavy atom. The van der Waals surface area contributed by atoms with Crippen LogP contribution in [0.2, 0.25) is 0 Å². The van der Waals surface area contributed by atoms with E-state index in [2.05, 4.69) is 31.0 Å². The van der Waals surface area contributed by atoms with Crippen LogP contribution in [0.25, 0.3) is 6.20 Å². The van der Waals surface area contributed by atoms with E-state index in [-0.39, 0.29) is 40.2 Å². The predicted octanol–water partition coefficient (Wildman–Crippen LogP) is 0.971. The van der Waals surface area contributed by atoms with Crippen LogP contribution in [-0.4, -0.2) is 92.7 Å². The number of hydrogen-bond donors (Lipinski definition) is 4. The van der Waals surface area contributed by atoms with Crippen molar-refractivity contribution < 1.29 is 34.2 Å². The molecule has 1 unspecified atom stereocenters. The number of carbonyl (C=O) groups is 4. The first-order valence-electron chi connectivity index (χ1n) is 12.2. The maximum atomic E-state index is 13.3. The molecule has 222 valence electrons. The normalized spacial score (nSPS) is 18.4. The van der Waals surface area contributed by atoms with Crippen LogP contribution in [0.3, 0.4) is 0 Å². The average molecular weight is 644 g/mol. The third-order valence-corrected chi connectivity index (χ3v) is 8.91. The number of carboxylic acids is 2. The number of aliphatic carboxylic acids is 2. The topological polar surface area (TPSA) is 228 Å². The average Bonchev–Trinajstić information content (AvgIpc) is 3.63. The number of benzene rings is 1. The molecule has 2 aromatic heterocycles. The second-order valence-electron chi connectivity index (χ2n) is 8.71. The third-order valence-electron chi connectivity index (χ3n) is 5.88. The van der Waals surface area contributed by atoms with Crippen LogP contribution < -0.4 is 15.9 Å². The van der Waals surface area contributed by atoms with Gasteiger partial charge in [-0.05, 0) is 28.1 Å². The zero-order chi connectivity index (χ0) is 30.5. The summed E-state index contributed by atoms with van der Waals surface area (Å²) in [6.07, 6.45) is 2.53. The number of nitrogens with zero attached hydrogens (tertiary/aromatic N) is 7. The third kappa shape index (κ3) is 6.68. The highest BCUT2D eigenvalue weighted by atomic mass is 32.2. The van der Waals surface area contributed by atoms with E-state index in [1.165, 1.54) is 34.1 Å². The molecule has 2 atom stereocenters. The van der Waals surface area contributed by atoms with Gasteiger partial charge in [-0.2, -0.15) is 4.68 Å². The van der Waals surface area contributed by atoms with Crippen LogP contribution in [0.4, 0.5) is 5.13 Å². The maximum Gasteiger partial charge on any atom is 0.352 e. The highest BCUT2D eigenvalue weighted by Crippen LogP contribution is 2.41. The van der Waals surface area contributed by atoms with Gasteiger partial charge in [0.1, 0.15) is 22.8 Å². The fourth-order valence-corrected chi connectivity index (χ4v) is 6.85. The molecule has 0 aliphatic carbocycles. The number of rotatable bonds is 12. The van der Waals surface area contributed by atoms with Gasteiger partial charge in [-0.15, -0.1) is 28.2 Å². The van der Waals surface area contributed by atoms with Crippen molar-refractivity contribution in [2.45, 2.75) is 23.0 Å². The molecule has 1 fully saturated rings. The minimum atomic E-state index is -1.29. The second kappa shape index (κ2) is 13.0. The van der Waals surface area contributed by atoms with E-state index in [0.29, 0.717) is 16.5 Å². The van der Waals surface area contributed by atoms with Crippen molar-refractivity contribution in [2.75, 3.05) is 17.2 Å². The fraction of sp³-hybridized carbons (Fsp3) is 0.208. The summed E-state index contributed by atoms with van der Waals surface area (Å²) in [6, 6.07) is 7.52. The van der Waals surface area contributed by atoms with E-state index >= 15 is 0 Å². The first-order valence-corrected chi connectivity index (χ1v) is 15.2. The first kappa shape index (κ1) is 29.7. The Balaban J connectivity index is 1.29. The summed E-state index contributed by atoms with van der Waals surface area (Å²) >= 11 is 3.52. The summed E-state index contributed by atoms with van der Waals surface area (Å²) < 4.78 is 1.27. The van der Waals surface area contributed by atoms with Gasteiger partial charge >= 0.3 is 11.9 Å². The number of nitrogen functional groups attached to an aromatic ring is 1. The Labute approximate surface area is 254 Å². The molecule has 19 heteroatoms. The van der Waals surface area contributed by atoms with Gasteiger partial charge in [0.15, 0.2) is 16.6 Å². The molecule has 0 radical (unpaired) electrons. The van der Waals surface area contributed by atoms with Crippen molar-refractivity contribution in [3.8, 4) is 5.75 Å². The lowest BCUT2D eigenvalue weighted by Crippen LogP contribution is -2.71. The maximum absolute atomic E-state index is 13.3. The van der Waals surface area contributed by atoms with Gasteiger partial charge in [-0.3, -0.25) is 19.3 Å². The molecular formula is C24H21N9O7S3. The number of para-hydroxylation sites is 1. The zero-order valence-electron chi connectivity index (χ0n) is 21.8. The lowest BCUT2D eigenvalue weighted by atomic mass is 10.0. The molecule has 0 saturated carbocycles. The van der Waals surface area contributed by atoms with Crippen LogP contribution >= 0.6 is 34.9 Å². The van der Waals surface area contributed by atoms with Crippen molar-refractivity contribution in [3.05, 3.63) is 58.8 Å². The van der Waals surface area contributed by atoms with Gasteiger partial charge in [0.2, 0.25) is 5.16 Å². The fourth-order valence-electron chi connectivity index (χ4n) is 3.96. The summed E-state index contributed by atoms with van der Waals surface area (Å²) in [5, 5.41) is 38.0. The number of β-lactam (4-membered cyclic amide) rings is 1. The van der Waals surface area contributed by atoms with E-state index < -0.39 is 35.2 Å². The quantitative estimate of drug-likeness (QED) is 0.0933. The van der Waals surface area contributed by atoms with E-state index in [0.717, 1.165) is 28.0 Å². The Morgan fingerprint density at radius 3 is 2.74 bits per heavy atom. The number of hydrogen-bond acceptors (Lipinski definition) is 14. The molecule has 0 spiro atoms. The van der Waals surface area contributed by atoms with E-state index in [1.54, 1.807) is 30.3 Å². The van der Waals surface area contributed by atoms with Gasteiger partial charge in [0.05, 0.1) is 6.42 Å². The number of aromatic nitrogens is 5. The van der Waals surface area contributed by atoms with Crippen LogP contribution in [0.1, 0.15) is 12.1 Å². The molecule has 1 saturated heterocycles. The summed E-state index contributed by atoms with van der Waals surface area (Å²) in [5.74, 6) is -2.89. The minimum absolute atomic E-state index is 0.147. The summed E-state index contributed by atoms with van der Waals surface area (Å²) in [6.45, 7) is 0. The molecule has 5 N–H and O–H groups in total. The molecule has 5 rings (SSSR count). The van der Waals surface area contributed by atoms with Gasteiger partial charge in [0, 0.05) is 23.1 Å². The van der Waals surface area contributed by atoms with Crippen LogP contribution in [0.15, 0.2) is 63.4 Å². The summed E-state index contributed by atoms with van der Waals surface area (Å²) in [4.78, 5) is 60.1. The van der Waals surface area contributed by atoms with Gasteiger partial charge in [-0.1, -0.05) is 41.2 Å². The smallest absolute Gasteiger partial charge is 0.352 e. The Morgan fingerprint density at radius 2 is 2.05 bits per heavy atom. The van der Waals surface area contributed by atoms with E-state index in [1.807, 2.05) is 0 Å². The summed E-state index contributed by atoms with van der Waals surface area (Å²) in [7, 11) is 0. The van der Waals surface area contributed by atoms with Gasteiger partial charge in [-0.25, -0.2) is 9.78 Å². The number of carbonyl (C=O) groups excluding carboxylic acids is 2. The molecule has 2 aliphatic rings. The monoisotopic (exact) mass is 643 g/mol. The minimum Gasteiger partial charge on any atom is -0.481 e. The number of tetrazole rings is 1. The molecular weight excluding hydrogens is 623 g/mol. The Hall–Kier alpha value is -4.75. The molecule has 2 amide bonds. The number of amides is 2. The molecule has 3 aromatic rings. The molecule has 43 heavy (non-hydrogen) atoms. The highest BCUT2D eigenvalue weighted by molar-refractivity contribution is 8.01. The molecule has 0 bridgehead atoms. The van der Waals surface area contributed by atoms with Crippen LogP contribution in [0.5, 0.6) is 5.75 Å². The van der Waals surface area contributed by atoms with E-state index in [4.69, 9.17) is 15.7 Å². The number of nitrogens with two attached hydrogens (primary N) is 1. The zero-order valence-corrected chi connectivity index (χ0v) is 24.2. The van der Waals surface area contributed by atoms with Crippen molar-refractivity contribution in [2.24, 2.45) is 5.16 Å². The van der Waals surface area contributed by atoms with Crippen LogP contribution in [0, 0.1) is 0 Å². The largest absolute Gasteiger partial charge is 0.481 e. The number of oxime groups is 1. The lowest BCUT2D eigenvalue weighted by Gasteiger charge is -2.49. The summed E-state index contributed by atoms with van der Waals surface area (Å²) in [5.41, 5.74) is 5.97. The van der Waals surface area contributed by atoms with Crippen molar-refractivity contribution in [1.29, 1.82) is 0 Å². The number of anilines is 1. The van der Waals surface area contributed by atoms with Crippen molar-refractivity contribution in [1.82, 2.24) is 35.4 Å². The highest BCUT2D eigenvalue weighted by Gasteiger charge is 2.54. The lowest BCUT2D eigenvalue weighted by molar-refractivity contribution is -0.150. The molecule has 2 aliphatic heterocycles. The number of carboxylic acid groups (broad SMARTS) is 2.